The lowest BCUT2D eigenvalue weighted by Crippen LogP contribution is -2.38. The van der Waals surface area contributed by atoms with Crippen LogP contribution in [-0.2, 0) is 13.0 Å². The zero-order valence-electron chi connectivity index (χ0n) is 15.0. The molecule has 2 aromatic rings. The minimum absolute atomic E-state index is 0.0774. The van der Waals surface area contributed by atoms with E-state index in [2.05, 4.69) is 53.5 Å². The molecule has 2 N–H and O–H groups in total. The molecule has 0 bridgehead atoms. The highest BCUT2D eigenvalue weighted by atomic mass is 32.1. The van der Waals surface area contributed by atoms with Gasteiger partial charge >= 0.3 is 0 Å². The lowest BCUT2D eigenvalue weighted by molar-refractivity contribution is 0.405. The summed E-state index contributed by atoms with van der Waals surface area (Å²) in [6.45, 7) is 6.99. The van der Waals surface area contributed by atoms with Crippen molar-refractivity contribution in [1.82, 2.24) is 15.6 Å². The third kappa shape index (κ3) is 4.71. The lowest BCUT2D eigenvalue weighted by atomic mass is 10.0. The maximum absolute atomic E-state index is 5.47. The Morgan fingerprint density at radius 2 is 2.21 bits per heavy atom. The molecule has 0 spiro atoms. The molecule has 1 unspecified atom stereocenters. The van der Waals surface area contributed by atoms with E-state index in [1.165, 1.54) is 10.4 Å². The van der Waals surface area contributed by atoms with Gasteiger partial charge in [-0.1, -0.05) is 24.6 Å². The SMILES string of the molecule is CCc1cnc(CNC(=NC)NC(C)c2cc(C)ccc2OC)s1. The highest BCUT2D eigenvalue weighted by Gasteiger charge is 2.13. The number of hydrogen-bond donors (Lipinski definition) is 2. The largest absolute Gasteiger partial charge is 0.496 e. The number of nitrogens with one attached hydrogen (secondary N) is 2. The van der Waals surface area contributed by atoms with Crippen LogP contribution in [0.2, 0.25) is 0 Å². The number of benzene rings is 1. The summed E-state index contributed by atoms with van der Waals surface area (Å²) < 4.78 is 5.47. The van der Waals surface area contributed by atoms with Crippen molar-refractivity contribution in [1.29, 1.82) is 0 Å². The Labute approximate surface area is 148 Å². The van der Waals surface area contributed by atoms with E-state index in [0.29, 0.717) is 6.54 Å². The number of hydrogen-bond acceptors (Lipinski definition) is 4. The third-order valence-corrected chi connectivity index (χ3v) is 4.93. The van der Waals surface area contributed by atoms with Crippen LogP contribution in [0.5, 0.6) is 5.75 Å². The molecule has 5 nitrogen and oxygen atoms in total. The molecule has 24 heavy (non-hydrogen) atoms. The van der Waals surface area contributed by atoms with Crippen molar-refractivity contribution in [3.63, 3.8) is 0 Å². The van der Waals surface area contributed by atoms with Crippen molar-refractivity contribution in [2.45, 2.75) is 39.8 Å². The lowest BCUT2D eigenvalue weighted by Gasteiger charge is -2.20. The first-order chi connectivity index (χ1) is 11.6. The molecule has 0 fully saturated rings. The molecule has 1 atom stereocenters. The smallest absolute Gasteiger partial charge is 0.191 e. The predicted octanol–water partition coefficient (Wildman–Crippen LogP) is 3.45. The highest BCUT2D eigenvalue weighted by molar-refractivity contribution is 7.11. The maximum Gasteiger partial charge on any atom is 0.191 e. The van der Waals surface area contributed by atoms with Crippen LogP contribution in [0.4, 0.5) is 0 Å². The van der Waals surface area contributed by atoms with E-state index in [1.54, 1.807) is 25.5 Å². The van der Waals surface area contributed by atoms with Gasteiger partial charge in [0.1, 0.15) is 10.8 Å². The van der Waals surface area contributed by atoms with E-state index in [4.69, 9.17) is 4.74 Å². The van der Waals surface area contributed by atoms with Crippen LogP contribution in [0, 0.1) is 6.92 Å². The molecular formula is C18H26N4OS. The van der Waals surface area contributed by atoms with E-state index < -0.39 is 0 Å². The van der Waals surface area contributed by atoms with Crippen LogP contribution >= 0.6 is 11.3 Å². The zero-order valence-corrected chi connectivity index (χ0v) is 15.8. The van der Waals surface area contributed by atoms with E-state index in [0.717, 1.165) is 28.7 Å². The summed E-state index contributed by atoms with van der Waals surface area (Å²) in [6.07, 6.45) is 2.97. The van der Waals surface area contributed by atoms with Gasteiger partial charge in [-0.25, -0.2) is 4.98 Å². The number of aryl methyl sites for hydroxylation is 2. The minimum atomic E-state index is 0.0774. The van der Waals surface area contributed by atoms with Gasteiger partial charge in [0.15, 0.2) is 5.96 Å². The quantitative estimate of drug-likeness (QED) is 0.621. The Morgan fingerprint density at radius 3 is 2.83 bits per heavy atom. The first-order valence-electron chi connectivity index (χ1n) is 8.12. The first kappa shape index (κ1) is 18.3. The average Bonchev–Trinajstić information content (AvgIpc) is 3.06. The molecule has 0 radical (unpaired) electrons. The van der Waals surface area contributed by atoms with Gasteiger partial charge in [0.05, 0.1) is 19.7 Å². The number of nitrogens with zero attached hydrogens (tertiary/aromatic N) is 2. The fraction of sp³-hybridized carbons (Fsp3) is 0.444. The first-order valence-corrected chi connectivity index (χ1v) is 8.94. The van der Waals surface area contributed by atoms with Crippen LogP contribution < -0.4 is 15.4 Å². The second kappa shape index (κ2) is 8.68. The Bertz CT molecular complexity index is 696. The fourth-order valence-corrected chi connectivity index (χ4v) is 3.22. The predicted molar refractivity (Wildman–Crippen MR) is 101 cm³/mol. The summed E-state index contributed by atoms with van der Waals surface area (Å²) in [6, 6.07) is 6.27. The topological polar surface area (TPSA) is 58.5 Å². The second-order valence-corrected chi connectivity index (χ2v) is 6.81. The van der Waals surface area contributed by atoms with Gasteiger partial charge in [0, 0.05) is 23.7 Å². The summed E-state index contributed by atoms with van der Waals surface area (Å²) >= 11 is 1.73. The average molecular weight is 347 g/mol. The number of rotatable bonds is 6. The van der Waals surface area contributed by atoms with Gasteiger partial charge in [-0.3, -0.25) is 4.99 Å². The van der Waals surface area contributed by atoms with Gasteiger partial charge in [0.2, 0.25) is 0 Å². The summed E-state index contributed by atoms with van der Waals surface area (Å²) in [5.41, 5.74) is 2.32. The molecule has 130 valence electrons. The van der Waals surface area contributed by atoms with Crippen LogP contribution in [-0.4, -0.2) is 25.1 Å². The van der Waals surface area contributed by atoms with Crippen molar-refractivity contribution in [2.75, 3.05) is 14.2 Å². The molecule has 0 aliphatic heterocycles. The Morgan fingerprint density at radius 1 is 1.42 bits per heavy atom. The Hall–Kier alpha value is -2.08. The molecule has 0 saturated carbocycles. The molecule has 6 heteroatoms. The van der Waals surface area contributed by atoms with E-state index in [1.807, 2.05) is 12.3 Å². The van der Waals surface area contributed by atoms with Crippen LogP contribution in [0.1, 0.15) is 40.9 Å². The van der Waals surface area contributed by atoms with Crippen LogP contribution in [0.3, 0.4) is 0 Å². The molecule has 0 aliphatic carbocycles. The molecule has 1 aromatic heterocycles. The third-order valence-electron chi connectivity index (χ3n) is 3.79. The second-order valence-electron chi connectivity index (χ2n) is 5.61. The zero-order chi connectivity index (χ0) is 17.5. The highest BCUT2D eigenvalue weighted by Crippen LogP contribution is 2.26. The molecule has 1 aromatic carbocycles. The van der Waals surface area contributed by atoms with Crippen molar-refractivity contribution >= 4 is 17.3 Å². The molecule has 1 heterocycles. The molecule has 2 rings (SSSR count). The molecular weight excluding hydrogens is 320 g/mol. The van der Waals surface area contributed by atoms with E-state index >= 15 is 0 Å². The number of methoxy groups -OCH3 is 1. The number of ether oxygens (including phenoxy) is 1. The van der Waals surface area contributed by atoms with Crippen LogP contribution in [0.15, 0.2) is 29.4 Å². The monoisotopic (exact) mass is 346 g/mol. The molecule has 0 aliphatic rings. The van der Waals surface area contributed by atoms with E-state index in [9.17, 15) is 0 Å². The Kier molecular flexibility index (Phi) is 6.61. The fourth-order valence-electron chi connectivity index (χ4n) is 2.42. The summed E-state index contributed by atoms with van der Waals surface area (Å²) in [5, 5.41) is 7.80. The van der Waals surface area contributed by atoms with Gasteiger partial charge in [-0.05, 0) is 26.3 Å². The van der Waals surface area contributed by atoms with Crippen LogP contribution in [0.25, 0.3) is 0 Å². The van der Waals surface area contributed by atoms with Gasteiger partial charge < -0.3 is 15.4 Å². The normalized spacial score (nSPS) is 12.8. The summed E-state index contributed by atoms with van der Waals surface area (Å²) in [4.78, 5) is 10.0. The van der Waals surface area contributed by atoms with Crippen molar-refractivity contribution in [2.24, 2.45) is 4.99 Å². The standard InChI is InChI=1S/C18H26N4OS/c1-6-14-10-20-17(24-14)11-21-18(19-4)22-13(3)15-9-12(2)7-8-16(15)23-5/h7-10,13H,6,11H2,1-5H3,(H2,19,21,22). The van der Waals surface area contributed by atoms with Crippen molar-refractivity contribution in [3.05, 3.63) is 45.4 Å². The van der Waals surface area contributed by atoms with Gasteiger partial charge in [0.25, 0.3) is 0 Å². The van der Waals surface area contributed by atoms with Crippen molar-refractivity contribution in [3.8, 4) is 5.75 Å². The number of aromatic nitrogens is 1. The summed E-state index contributed by atoms with van der Waals surface area (Å²) in [5.74, 6) is 1.63. The maximum atomic E-state index is 5.47. The number of thiazole rings is 1. The van der Waals surface area contributed by atoms with E-state index in [-0.39, 0.29) is 6.04 Å². The Balaban J connectivity index is 2.00. The van der Waals surface area contributed by atoms with Crippen molar-refractivity contribution < 1.29 is 4.74 Å². The molecule has 0 saturated heterocycles. The summed E-state index contributed by atoms with van der Waals surface area (Å²) in [7, 11) is 3.47. The number of guanidine groups is 1. The number of aliphatic imine (C=N–C) groups is 1. The minimum Gasteiger partial charge on any atom is -0.496 e. The van der Waals surface area contributed by atoms with Gasteiger partial charge in [-0.2, -0.15) is 0 Å². The molecule has 0 amide bonds. The van der Waals surface area contributed by atoms with Gasteiger partial charge in [-0.15, -0.1) is 11.3 Å².